The maximum absolute atomic E-state index is 12.2. The molecule has 0 atom stereocenters. The van der Waals surface area contributed by atoms with Crippen LogP contribution in [0.2, 0.25) is 13.3 Å². The van der Waals surface area contributed by atoms with E-state index in [-0.39, 0.29) is 43.6 Å². The number of halogens is 1. The normalized spacial score (nSPS) is 13.5. The van der Waals surface area contributed by atoms with Gasteiger partial charge in [0, 0.05) is 47.8 Å². The Bertz CT molecular complexity index is 5300. The van der Waals surface area contributed by atoms with Crippen molar-refractivity contribution in [3.8, 4) is 11.3 Å². The van der Waals surface area contributed by atoms with Gasteiger partial charge in [-0.2, -0.15) is 0 Å². The molecule has 0 saturated heterocycles. The minimum absolute atomic E-state index is 0. The molecular weight excluding hydrogens is 1990 g/mol. The molecule has 8 nitrogen and oxygen atoms in total. The number of hydrogen-bond acceptors (Lipinski definition) is 6. The average Bonchev–Trinajstić information content (AvgIpc) is 1.63. The van der Waals surface area contributed by atoms with Crippen LogP contribution in [0.25, 0.3) is 11.3 Å². The molecule has 2 amide bonds. The monoisotopic (exact) mass is 2110 g/mol. The van der Waals surface area contributed by atoms with E-state index in [1.807, 2.05) is 72.9 Å². The van der Waals surface area contributed by atoms with Gasteiger partial charge in [0.05, 0.1) is 5.69 Å². The van der Waals surface area contributed by atoms with Crippen LogP contribution in [0, 0.1) is 0 Å². The van der Waals surface area contributed by atoms with Crippen molar-refractivity contribution in [2.45, 2.75) is 135 Å². The molecule has 2 aromatic heterocycles. The van der Waals surface area contributed by atoms with Crippen LogP contribution < -0.4 is 78.0 Å². The number of nitrogens with one attached hydrogen (secondary N) is 2. The summed E-state index contributed by atoms with van der Waals surface area (Å²) in [6.45, 7) is 6.98. The zero-order chi connectivity index (χ0) is 92.5. The van der Waals surface area contributed by atoms with E-state index in [0.29, 0.717) is 11.4 Å². The zero-order valence-electron chi connectivity index (χ0n) is 77.5. The zero-order valence-corrected chi connectivity index (χ0v) is 87.1. The van der Waals surface area contributed by atoms with Gasteiger partial charge in [0.2, 0.25) is 0 Å². The first-order valence-electron chi connectivity index (χ1n) is 47.4. The van der Waals surface area contributed by atoms with Gasteiger partial charge in [0.15, 0.2) is 0 Å². The summed E-state index contributed by atoms with van der Waals surface area (Å²) in [6, 6.07) is 157. The van der Waals surface area contributed by atoms with E-state index in [4.69, 9.17) is 9.98 Å². The van der Waals surface area contributed by atoms with Crippen molar-refractivity contribution < 1.29 is 30.0 Å². The summed E-state index contributed by atoms with van der Waals surface area (Å²) in [6.07, 6.45) is 20.5. The van der Waals surface area contributed by atoms with E-state index in [1.54, 1.807) is 9.91 Å². The molecule has 0 unspecified atom stereocenters. The average molecular weight is 2110 g/mol. The first kappa shape index (κ1) is 102. The van der Waals surface area contributed by atoms with Gasteiger partial charge in [0.25, 0.3) is 11.8 Å². The van der Waals surface area contributed by atoms with Crippen molar-refractivity contribution in [1.29, 1.82) is 0 Å². The van der Waals surface area contributed by atoms with Crippen molar-refractivity contribution >= 4 is 157 Å². The van der Waals surface area contributed by atoms with E-state index < -0.39 is 50.1 Å². The van der Waals surface area contributed by atoms with Crippen molar-refractivity contribution in [3.63, 3.8) is 0 Å². The predicted molar refractivity (Wildman–Crippen MR) is 585 cm³/mol. The summed E-state index contributed by atoms with van der Waals surface area (Å²) in [7, 11) is -1.78. The van der Waals surface area contributed by atoms with Gasteiger partial charge in [0.1, 0.15) is 22.7 Å². The molecule has 2 aliphatic heterocycles. The summed E-state index contributed by atoms with van der Waals surface area (Å²) in [4.78, 5) is 42.7. The standard InChI is InChI=1S/C18H17N3O.4C18H15P.C13H13BrN2O.C5H4N.3C4H9.Pd.Sn/c22-17-16(20-18(21-17)10-2-3-11-18)14-8-6-13(7-9-14)15-5-1-4-12-19-15;4*1-4-10-16(11-5-1)19(17-12-6-2-7-13-17)18-14-8-3-9-15-18;14-10-5-3-9(4-6-10)11-12(17)16-13(15-11)7-1-2-8-13;1-2-4-6-5-3-1;3*1-3-4-2;;/h1,4-9,12H,2-3,10-11H2,(H,21,22);4*1-15H;3-6H,1-2,7-8H2,(H,16,17);1-4H;3*1,3-4H2,2H3;;. The van der Waals surface area contributed by atoms with Gasteiger partial charge >= 0.3 is 124 Å². The summed E-state index contributed by atoms with van der Waals surface area (Å²) >= 11 is 1.18. The quantitative estimate of drug-likeness (QED) is 0.0439. The van der Waals surface area contributed by atoms with Gasteiger partial charge in [-0.15, -0.1) is 0 Å². The Morgan fingerprint density at radius 2 is 0.489 bits per heavy atom. The second kappa shape index (κ2) is 54.3. The second-order valence-electron chi connectivity index (χ2n) is 33.8. The fourth-order valence-corrected chi connectivity index (χ4v) is 42.5. The maximum atomic E-state index is 12.2. The number of carbonyl (C=O) groups is 2. The SMILES string of the molecule is CCC[CH2][Sn]([CH2]CCC)([CH2]CCC)[c]1ccccn1.O=C1NC2(CCCC2)N=C1c1ccc(-c2ccccn2)cc1.O=C1NC2(CCCC2)N=C1c1ccc(Br)cc1.[Pd].c1ccc(P(c2ccccc2)c2ccccc2)cc1.c1ccc(P(c2ccccc2)c2ccccc2)cc1.c1ccc(P(c2ccccc2)c2ccccc2)cc1.c1ccc(P(c2ccccc2)c2ccccc2)cc1. The molecule has 4 heterocycles. The minimum atomic E-state index is -2.21. The molecule has 16 aromatic rings. The largest absolute Gasteiger partial charge is 0.326 e. The van der Waals surface area contributed by atoms with Crippen LogP contribution in [-0.4, -0.2) is 62.9 Å². The fourth-order valence-electron chi connectivity index (χ4n) is 17.5. The van der Waals surface area contributed by atoms with Crippen LogP contribution in [0.4, 0.5) is 0 Å². The number of rotatable bonds is 25. The number of hydrogen-bond donors (Lipinski definition) is 2. The van der Waals surface area contributed by atoms with Gasteiger partial charge in [-0.05, 0) is 171 Å². The third-order valence-corrected chi connectivity index (χ3v) is 49.8. The minimum Gasteiger partial charge on any atom is -0.326 e. The van der Waals surface area contributed by atoms with E-state index in [1.165, 1.54) is 115 Å². The molecule has 2 fully saturated rings. The molecule has 14 aromatic carbocycles. The Hall–Kier alpha value is -10.7. The summed E-state index contributed by atoms with van der Waals surface area (Å²) in [5, 5.41) is 22.9. The van der Waals surface area contributed by atoms with Crippen molar-refractivity contribution in [2.24, 2.45) is 9.98 Å². The van der Waals surface area contributed by atoms with Crippen LogP contribution in [0.1, 0.15) is 122 Å². The van der Waals surface area contributed by atoms with E-state index in [2.05, 4.69) is 439 Å². The number of aliphatic imine (C=N–C) groups is 2. The van der Waals surface area contributed by atoms with Gasteiger partial charge in [-0.3, -0.25) is 24.6 Å². The third kappa shape index (κ3) is 29.4. The number of amides is 2. The number of benzene rings is 14. The van der Waals surface area contributed by atoms with Gasteiger partial charge < -0.3 is 10.6 Å². The first-order chi connectivity index (χ1) is 66.0. The second-order valence-corrected chi connectivity index (χ2v) is 56.6. The van der Waals surface area contributed by atoms with Crippen LogP contribution in [0.5, 0.6) is 0 Å². The molecule has 684 valence electrons. The van der Waals surface area contributed by atoms with Crippen LogP contribution in [-0.2, 0) is 30.0 Å². The molecule has 2 N–H and O–H groups in total. The Labute approximate surface area is 833 Å². The van der Waals surface area contributed by atoms with Crippen LogP contribution in [0.3, 0.4) is 0 Å². The molecule has 20 rings (SSSR count). The number of aromatic nitrogens is 2. The molecule has 2 aliphatic carbocycles. The van der Waals surface area contributed by atoms with Crippen molar-refractivity contribution in [2.75, 3.05) is 0 Å². The van der Waals surface area contributed by atoms with Crippen molar-refractivity contribution in [1.82, 2.24) is 20.6 Å². The van der Waals surface area contributed by atoms with E-state index in [9.17, 15) is 9.59 Å². The van der Waals surface area contributed by atoms with Gasteiger partial charge in [-0.1, -0.05) is 422 Å². The number of carbonyl (C=O) groups excluding carboxylic acids is 2. The molecule has 2 spiro atoms. The maximum Gasteiger partial charge on any atom is 0.272 e. The molecule has 0 bridgehead atoms. The molecule has 135 heavy (non-hydrogen) atoms. The summed E-state index contributed by atoms with van der Waals surface area (Å²) < 4.78 is 7.11. The Morgan fingerprint density at radius 1 is 0.274 bits per heavy atom. The molecule has 0 radical (unpaired) electrons. The predicted octanol–water partition coefficient (Wildman–Crippen LogP) is 24.5. The molecule has 15 heteroatoms. The topological polar surface area (TPSA) is 109 Å². The van der Waals surface area contributed by atoms with Crippen LogP contribution >= 0.6 is 47.6 Å². The summed E-state index contributed by atoms with van der Waals surface area (Å²) in [5.41, 5.74) is 4.27. The Balaban J connectivity index is 0.000000133. The smallest absolute Gasteiger partial charge is 0.272 e. The van der Waals surface area contributed by atoms with Gasteiger partial charge in [-0.25, -0.2) is 0 Å². The third-order valence-electron chi connectivity index (χ3n) is 24.3. The summed E-state index contributed by atoms with van der Waals surface area (Å²) in [5.74, 6) is -0.0818. The first-order valence-corrected chi connectivity index (χ1v) is 61.0. The van der Waals surface area contributed by atoms with Crippen LogP contribution in [0.15, 0.2) is 476 Å². The number of pyridine rings is 2. The molecule has 2 saturated carbocycles. The Kier molecular flexibility index (Phi) is 40.9. The van der Waals surface area contributed by atoms with E-state index >= 15 is 0 Å². The number of unbranched alkanes of at least 4 members (excludes halogenated alkanes) is 3. The van der Waals surface area contributed by atoms with E-state index in [0.717, 1.165) is 78.2 Å². The van der Waals surface area contributed by atoms with Crippen molar-refractivity contribution in [3.05, 3.63) is 477 Å². The molecular formula is C120H121BrN6O2P4PdSn. The Morgan fingerprint density at radius 3 is 0.704 bits per heavy atom. The number of nitrogens with zero attached hydrogens (tertiary/aromatic N) is 4. The fraction of sp³-hybridized carbons (Fsp3) is 0.183. The molecule has 4 aliphatic rings.